The minimum atomic E-state index is -0.270. The fraction of sp³-hybridized carbons (Fsp3) is 0.250. The van der Waals surface area contributed by atoms with Gasteiger partial charge < -0.3 is 14.5 Å². The van der Waals surface area contributed by atoms with E-state index in [1.807, 2.05) is 39.1 Å². The lowest BCUT2D eigenvalue weighted by molar-refractivity contribution is 0.102. The van der Waals surface area contributed by atoms with E-state index in [9.17, 15) is 4.79 Å². The van der Waals surface area contributed by atoms with Crippen LogP contribution in [-0.2, 0) is 7.05 Å². The average molecular weight is 299 g/mol. The maximum Gasteiger partial charge on any atom is 0.260 e. The van der Waals surface area contributed by atoms with E-state index in [-0.39, 0.29) is 12.0 Å². The Labute approximate surface area is 127 Å². The lowest BCUT2D eigenvalue weighted by Gasteiger charge is -2.11. The topological polar surface area (TPSA) is 69.3 Å². The van der Waals surface area contributed by atoms with Crippen molar-refractivity contribution in [2.45, 2.75) is 20.0 Å². The van der Waals surface area contributed by atoms with Crippen molar-refractivity contribution in [3.8, 4) is 5.75 Å². The van der Waals surface area contributed by atoms with Crippen molar-refractivity contribution in [2.24, 2.45) is 7.05 Å². The monoisotopic (exact) mass is 299 g/mol. The second-order valence-corrected chi connectivity index (χ2v) is 5.26. The highest BCUT2D eigenvalue weighted by atomic mass is 16.5. The van der Waals surface area contributed by atoms with Gasteiger partial charge in [0.25, 0.3) is 5.91 Å². The van der Waals surface area contributed by atoms with E-state index in [0.717, 1.165) is 10.9 Å². The molecule has 0 aliphatic rings. The summed E-state index contributed by atoms with van der Waals surface area (Å²) in [5.74, 6) is 0.899. The van der Waals surface area contributed by atoms with E-state index in [4.69, 9.17) is 9.15 Å². The summed E-state index contributed by atoms with van der Waals surface area (Å²) >= 11 is 0. The molecule has 1 aromatic carbocycles. The molecule has 3 rings (SSSR count). The number of benzene rings is 1. The Balaban J connectivity index is 2.03. The summed E-state index contributed by atoms with van der Waals surface area (Å²) in [5, 5.41) is 7.98. The second kappa shape index (κ2) is 5.55. The summed E-state index contributed by atoms with van der Waals surface area (Å²) in [5.41, 5.74) is 1.33. The molecule has 0 spiro atoms. The number of nitrogens with one attached hydrogen (secondary N) is 1. The van der Waals surface area contributed by atoms with Gasteiger partial charge in [0.2, 0.25) is 0 Å². The summed E-state index contributed by atoms with van der Waals surface area (Å²) in [6.07, 6.45) is 2.88. The van der Waals surface area contributed by atoms with Crippen LogP contribution in [0, 0.1) is 0 Å². The van der Waals surface area contributed by atoms with E-state index in [0.29, 0.717) is 17.1 Å². The number of hydrogen-bond donors (Lipinski definition) is 1. The van der Waals surface area contributed by atoms with Gasteiger partial charge in [-0.15, -0.1) is 0 Å². The summed E-state index contributed by atoms with van der Waals surface area (Å²) in [6, 6.07) is 7.32. The first-order valence-corrected chi connectivity index (χ1v) is 7.02. The van der Waals surface area contributed by atoms with Crippen molar-refractivity contribution in [3.05, 3.63) is 42.4 Å². The predicted molar refractivity (Wildman–Crippen MR) is 83.1 cm³/mol. The van der Waals surface area contributed by atoms with Gasteiger partial charge in [-0.1, -0.05) is 6.07 Å². The molecule has 6 nitrogen and oxygen atoms in total. The van der Waals surface area contributed by atoms with Gasteiger partial charge >= 0.3 is 0 Å². The second-order valence-electron chi connectivity index (χ2n) is 5.26. The van der Waals surface area contributed by atoms with E-state index < -0.39 is 0 Å². The van der Waals surface area contributed by atoms with Crippen LogP contribution in [0.5, 0.6) is 5.75 Å². The normalized spacial score (nSPS) is 11.1. The van der Waals surface area contributed by atoms with Gasteiger partial charge in [-0.05, 0) is 32.0 Å². The lowest BCUT2D eigenvalue weighted by atomic mass is 10.2. The summed E-state index contributed by atoms with van der Waals surface area (Å²) in [4.78, 5) is 12.2. The quantitative estimate of drug-likeness (QED) is 0.803. The lowest BCUT2D eigenvalue weighted by Crippen LogP contribution is -2.12. The van der Waals surface area contributed by atoms with E-state index >= 15 is 0 Å². The SMILES string of the molecule is CC(C)Oc1cccc2c1c(NC(=O)c1ccoc1)nn2C. The number of rotatable bonds is 4. The van der Waals surface area contributed by atoms with Crippen molar-refractivity contribution in [1.29, 1.82) is 0 Å². The van der Waals surface area contributed by atoms with E-state index in [1.165, 1.54) is 12.5 Å². The first kappa shape index (κ1) is 14.2. The Hall–Kier alpha value is -2.76. The molecule has 0 aliphatic heterocycles. The van der Waals surface area contributed by atoms with Gasteiger partial charge in [0.1, 0.15) is 12.0 Å². The number of furan rings is 1. The number of anilines is 1. The van der Waals surface area contributed by atoms with Crippen LogP contribution in [0.1, 0.15) is 24.2 Å². The molecular formula is C16H17N3O3. The zero-order valence-corrected chi connectivity index (χ0v) is 12.7. The number of carbonyl (C=O) groups is 1. The highest BCUT2D eigenvalue weighted by Crippen LogP contribution is 2.32. The van der Waals surface area contributed by atoms with Gasteiger partial charge in [0, 0.05) is 7.05 Å². The van der Waals surface area contributed by atoms with Gasteiger partial charge in [-0.25, -0.2) is 0 Å². The van der Waals surface area contributed by atoms with Crippen LogP contribution in [0.3, 0.4) is 0 Å². The van der Waals surface area contributed by atoms with Crippen molar-refractivity contribution < 1.29 is 13.9 Å². The van der Waals surface area contributed by atoms with Crippen LogP contribution in [0.2, 0.25) is 0 Å². The number of nitrogens with zero attached hydrogens (tertiary/aromatic N) is 2. The van der Waals surface area contributed by atoms with Crippen LogP contribution in [0.15, 0.2) is 41.2 Å². The smallest absolute Gasteiger partial charge is 0.260 e. The number of aromatic nitrogens is 2. The van der Waals surface area contributed by atoms with Crippen LogP contribution < -0.4 is 10.1 Å². The number of amides is 1. The van der Waals surface area contributed by atoms with Crippen molar-refractivity contribution in [3.63, 3.8) is 0 Å². The van der Waals surface area contributed by atoms with E-state index in [2.05, 4.69) is 10.4 Å². The van der Waals surface area contributed by atoms with E-state index in [1.54, 1.807) is 10.7 Å². The highest BCUT2D eigenvalue weighted by Gasteiger charge is 2.17. The molecule has 2 aromatic heterocycles. The molecule has 3 aromatic rings. The van der Waals surface area contributed by atoms with Gasteiger partial charge in [-0.3, -0.25) is 9.48 Å². The first-order chi connectivity index (χ1) is 10.6. The number of ether oxygens (including phenoxy) is 1. The van der Waals surface area contributed by atoms with Crippen molar-refractivity contribution in [2.75, 3.05) is 5.32 Å². The van der Waals surface area contributed by atoms with Crippen LogP contribution >= 0.6 is 0 Å². The third-order valence-electron chi connectivity index (χ3n) is 3.22. The van der Waals surface area contributed by atoms with Gasteiger partial charge in [0.15, 0.2) is 5.82 Å². The minimum Gasteiger partial charge on any atom is -0.490 e. The highest BCUT2D eigenvalue weighted by molar-refractivity contribution is 6.09. The summed E-state index contributed by atoms with van der Waals surface area (Å²) in [6.45, 7) is 3.91. The Kier molecular flexibility index (Phi) is 3.58. The fourth-order valence-corrected chi connectivity index (χ4v) is 2.29. The Morgan fingerprint density at radius 3 is 2.86 bits per heavy atom. The maximum atomic E-state index is 12.2. The number of fused-ring (bicyclic) bond motifs is 1. The first-order valence-electron chi connectivity index (χ1n) is 7.02. The molecule has 2 heterocycles. The molecule has 114 valence electrons. The minimum absolute atomic E-state index is 0.0308. The molecule has 0 bridgehead atoms. The molecule has 0 aliphatic carbocycles. The summed E-state index contributed by atoms with van der Waals surface area (Å²) < 4.78 is 12.5. The predicted octanol–water partition coefficient (Wildman–Crippen LogP) is 3.21. The van der Waals surface area contributed by atoms with Crippen LogP contribution in [0.4, 0.5) is 5.82 Å². The van der Waals surface area contributed by atoms with Gasteiger partial charge in [0.05, 0.1) is 28.8 Å². The molecule has 0 fully saturated rings. The number of carbonyl (C=O) groups excluding carboxylic acids is 1. The maximum absolute atomic E-state index is 12.2. The molecule has 1 N–H and O–H groups in total. The van der Waals surface area contributed by atoms with Crippen molar-refractivity contribution >= 4 is 22.6 Å². The summed E-state index contributed by atoms with van der Waals surface area (Å²) in [7, 11) is 1.83. The molecule has 0 unspecified atom stereocenters. The third-order valence-corrected chi connectivity index (χ3v) is 3.22. The molecule has 0 atom stereocenters. The fourth-order valence-electron chi connectivity index (χ4n) is 2.29. The molecule has 0 radical (unpaired) electrons. The molecule has 6 heteroatoms. The Bertz CT molecular complexity index is 804. The molecular weight excluding hydrogens is 282 g/mol. The zero-order valence-electron chi connectivity index (χ0n) is 12.7. The molecule has 22 heavy (non-hydrogen) atoms. The Morgan fingerprint density at radius 2 is 2.18 bits per heavy atom. The largest absolute Gasteiger partial charge is 0.490 e. The number of aryl methyl sites for hydroxylation is 1. The average Bonchev–Trinajstić information content (AvgIpc) is 3.08. The molecule has 1 amide bonds. The zero-order chi connectivity index (χ0) is 15.7. The standard InChI is InChI=1S/C16H17N3O3/c1-10(2)22-13-6-4-5-12-14(13)15(18-19(12)3)17-16(20)11-7-8-21-9-11/h4-10H,1-3H3,(H,17,18,20). The van der Waals surface area contributed by atoms with Crippen LogP contribution in [-0.4, -0.2) is 21.8 Å². The Morgan fingerprint density at radius 1 is 1.36 bits per heavy atom. The molecule has 0 saturated heterocycles. The van der Waals surface area contributed by atoms with Crippen LogP contribution in [0.25, 0.3) is 10.9 Å². The number of hydrogen-bond acceptors (Lipinski definition) is 4. The molecule has 0 saturated carbocycles. The third kappa shape index (κ3) is 2.55. The van der Waals surface area contributed by atoms with Crippen molar-refractivity contribution in [1.82, 2.24) is 9.78 Å². The van der Waals surface area contributed by atoms with Gasteiger partial charge in [-0.2, -0.15) is 5.10 Å².